The molecule has 2 rings (SSSR count). The van der Waals surface area contributed by atoms with Gasteiger partial charge in [-0.25, -0.2) is 0 Å². The van der Waals surface area contributed by atoms with E-state index in [4.69, 9.17) is 10.5 Å². The molecule has 0 saturated heterocycles. The highest BCUT2D eigenvalue weighted by Gasteiger charge is 2.12. The predicted molar refractivity (Wildman–Crippen MR) is 69.1 cm³/mol. The third-order valence-corrected chi connectivity index (χ3v) is 3.02. The van der Waals surface area contributed by atoms with Crippen molar-refractivity contribution < 1.29 is 4.74 Å². The number of methoxy groups -OCH3 is 1. The molecule has 0 saturated carbocycles. The fraction of sp³-hybridized carbons (Fsp3) is 0.308. The first-order valence-corrected chi connectivity index (χ1v) is 5.48. The number of ether oxygens (including phenoxy) is 1. The molecule has 0 fully saturated rings. The van der Waals surface area contributed by atoms with E-state index < -0.39 is 0 Å². The van der Waals surface area contributed by atoms with E-state index in [0.29, 0.717) is 5.82 Å². The van der Waals surface area contributed by atoms with Crippen LogP contribution in [0.3, 0.4) is 0 Å². The zero-order chi connectivity index (χ0) is 12.6. The summed E-state index contributed by atoms with van der Waals surface area (Å²) in [7, 11) is 3.52. The number of nitrogen functional groups attached to an aromatic ring is 1. The molecule has 1 aromatic heterocycles. The SMILES string of the molecule is COc1cc(-c2nn(C)c(N)c2C)ccc1C. The fourth-order valence-electron chi connectivity index (χ4n) is 1.88. The molecule has 0 spiro atoms. The Morgan fingerprint density at radius 1 is 1.29 bits per heavy atom. The molecule has 0 bridgehead atoms. The van der Waals surface area contributed by atoms with Crippen molar-refractivity contribution in [3.8, 4) is 17.0 Å². The lowest BCUT2D eigenvalue weighted by Crippen LogP contribution is -1.97. The van der Waals surface area contributed by atoms with Crippen molar-refractivity contribution in [2.75, 3.05) is 12.8 Å². The Hall–Kier alpha value is -1.97. The molecule has 4 heteroatoms. The van der Waals surface area contributed by atoms with Gasteiger partial charge in [0.05, 0.1) is 12.8 Å². The van der Waals surface area contributed by atoms with Crippen LogP contribution in [0.15, 0.2) is 18.2 Å². The lowest BCUT2D eigenvalue weighted by Gasteiger charge is -2.06. The molecule has 90 valence electrons. The van der Waals surface area contributed by atoms with Crippen LogP contribution < -0.4 is 10.5 Å². The number of nitrogens with zero attached hydrogens (tertiary/aromatic N) is 2. The Kier molecular flexibility index (Phi) is 2.79. The van der Waals surface area contributed by atoms with Crippen LogP contribution in [0.2, 0.25) is 0 Å². The normalized spacial score (nSPS) is 10.6. The molecule has 1 heterocycles. The smallest absolute Gasteiger partial charge is 0.124 e. The van der Waals surface area contributed by atoms with Gasteiger partial charge in [0.15, 0.2) is 0 Å². The third kappa shape index (κ3) is 1.86. The van der Waals surface area contributed by atoms with Crippen molar-refractivity contribution in [2.24, 2.45) is 7.05 Å². The molecule has 0 unspecified atom stereocenters. The van der Waals surface area contributed by atoms with E-state index in [2.05, 4.69) is 5.10 Å². The first-order valence-electron chi connectivity index (χ1n) is 5.48. The van der Waals surface area contributed by atoms with Crippen LogP contribution >= 0.6 is 0 Å². The molecule has 4 nitrogen and oxygen atoms in total. The molecule has 17 heavy (non-hydrogen) atoms. The maximum absolute atomic E-state index is 5.91. The molecule has 0 aliphatic carbocycles. The van der Waals surface area contributed by atoms with Gasteiger partial charge in [-0.1, -0.05) is 12.1 Å². The molecule has 0 aliphatic heterocycles. The van der Waals surface area contributed by atoms with E-state index >= 15 is 0 Å². The molecule has 0 atom stereocenters. The van der Waals surface area contributed by atoms with E-state index in [-0.39, 0.29) is 0 Å². The van der Waals surface area contributed by atoms with Crippen LogP contribution in [0, 0.1) is 13.8 Å². The number of benzene rings is 1. The van der Waals surface area contributed by atoms with Crippen molar-refractivity contribution in [3.05, 3.63) is 29.3 Å². The van der Waals surface area contributed by atoms with Gasteiger partial charge >= 0.3 is 0 Å². The van der Waals surface area contributed by atoms with E-state index in [1.54, 1.807) is 11.8 Å². The van der Waals surface area contributed by atoms with Crippen LogP contribution in [-0.2, 0) is 7.05 Å². The number of hydrogen-bond acceptors (Lipinski definition) is 3. The van der Waals surface area contributed by atoms with Crippen molar-refractivity contribution in [2.45, 2.75) is 13.8 Å². The van der Waals surface area contributed by atoms with Crippen LogP contribution in [0.1, 0.15) is 11.1 Å². The molecular formula is C13H17N3O. The molecule has 2 aromatic rings. The topological polar surface area (TPSA) is 53.1 Å². The minimum Gasteiger partial charge on any atom is -0.496 e. The summed E-state index contributed by atoms with van der Waals surface area (Å²) >= 11 is 0. The van der Waals surface area contributed by atoms with Crippen molar-refractivity contribution in [1.82, 2.24) is 9.78 Å². The van der Waals surface area contributed by atoms with Crippen LogP contribution in [0.5, 0.6) is 5.75 Å². The predicted octanol–water partition coefficient (Wildman–Crippen LogP) is 2.29. The first-order chi connectivity index (χ1) is 8.04. The zero-order valence-corrected chi connectivity index (χ0v) is 10.6. The van der Waals surface area contributed by atoms with Crippen LogP contribution in [0.25, 0.3) is 11.3 Å². The molecule has 0 radical (unpaired) electrons. The first kappa shape index (κ1) is 11.5. The minimum atomic E-state index is 0.694. The average Bonchev–Trinajstić information content (AvgIpc) is 2.58. The Morgan fingerprint density at radius 3 is 2.53 bits per heavy atom. The number of rotatable bonds is 2. The standard InChI is InChI=1S/C13H17N3O/c1-8-5-6-10(7-11(8)17-4)12-9(2)13(14)16(3)15-12/h5-7H,14H2,1-4H3. The van der Waals surface area contributed by atoms with Gasteiger partial charge in [-0.05, 0) is 25.5 Å². The highest BCUT2D eigenvalue weighted by atomic mass is 16.5. The summed E-state index contributed by atoms with van der Waals surface area (Å²) in [5.41, 5.74) is 9.95. The van der Waals surface area contributed by atoms with E-state index in [9.17, 15) is 0 Å². The van der Waals surface area contributed by atoms with Crippen molar-refractivity contribution in [3.63, 3.8) is 0 Å². The Balaban J connectivity index is 2.57. The summed E-state index contributed by atoms with van der Waals surface area (Å²) in [6.07, 6.45) is 0. The van der Waals surface area contributed by atoms with Gasteiger partial charge in [0.25, 0.3) is 0 Å². The van der Waals surface area contributed by atoms with Gasteiger partial charge in [0, 0.05) is 18.2 Å². The summed E-state index contributed by atoms with van der Waals surface area (Å²) in [6.45, 7) is 3.99. The molecule has 1 aromatic carbocycles. The van der Waals surface area contributed by atoms with Crippen LogP contribution in [-0.4, -0.2) is 16.9 Å². The van der Waals surface area contributed by atoms with Crippen molar-refractivity contribution in [1.29, 1.82) is 0 Å². The Morgan fingerprint density at radius 2 is 2.00 bits per heavy atom. The van der Waals surface area contributed by atoms with Gasteiger partial charge in [0.1, 0.15) is 11.6 Å². The Labute approximate surface area is 101 Å². The third-order valence-electron chi connectivity index (χ3n) is 3.02. The fourth-order valence-corrected chi connectivity index (χ4v) is 1.88. The highest BCUT2D eigenvalue weighted by Crippen LogP contribution is 2.29. The number of anilines is 1. The number of nitrogens with two attached hydrogens (primary N) is 1. The Bertz CT molecular complexity index is 558. The average molecular weight is 231 g/mol. The summed E-state index contributed by atoms with van der Waals surface area (Å²) < 4.78 is 7.01. The highest BCUT2D eigenvalue weighted by molar-refractivity contribution is 5.69. The second-order valence-electron chi connectivity index (χ2n) is 4.17. The largest absolute Gasteiger partial charge is 0.496 e. The maximum atomic E-state index is 5.91. The number of aromatic nitrogens is 2. The lowest BCUT2D eigenvalue weighted by atomic mass is 10.1. The lowest BCUT2D eigenvalue weighted by molar-refractivity contribution is 0.412. The van der Waals surface area contributed by atoms with Crippen molar-refractivity contribution >= 4 is 5.82 Å². The zero-order valence-electron chi connectivity index (χ0n) is 10.6. The summed E-state index contributed by atoms with van der Waals surface area (Å²) in [5, 5.41) is 4.42. The number of hydrogen-bond donors (Lipinski definition) is 1. The van der Waals surface area contributed by atoms with Crippen LogP contribution in [0.4, 0.5) is 5.82 Å². The molecule has 0 amide bonds. The van der Waals surface area contributed by atoms with Gasteiger partial charge < -0.3 is 10.5 Å². The minimum absolute atomic E-state index is 0.694. The summed E-state index contributed by atoms with van der Waals surface area (Å²) in [5.74, 6) is 1.56. The summed E-state index contributed by atoms with van der Waals surface area (Å²) in [6, 6.07) is 6.05. The monoisotopic (exact) mass is 231 g/mol. The van der Waals surface area contributed by atoms with E-state index in [1.165, 1.54) is 0 Å². The molecule has 2 N–H and O–H groups in total. The molecule has 0 aliphatic rings. The van der Waals surface area contributed by atoms with Gasteiger partial charge in [-0.2, -0.15) is 5.10 Å². The van der Waals surface area contributed by atoms with E-state index in [0.717, 1.165) is 28.1 Å². The quantitative estimate of drug-likeness (QED) is 0.862. The molecular weight excluding hydrogens is 214 g/mol. The van der Waals surface area contributed by atoms with Gasteiger partial charge in [0.2, 0.25) is 0 Å². The maximum Gasteiger partial charge on any atom is 0.124 e. The van der Waals surface area contributed by atoms with Gasteiger partial charge in [-0.15, -0.1) is 0 Å². The second kappa shape index (κ2) is 4.13. The number of aryl methyl sites for hydroxylation is 2. The summed E-state index contributed by atoms with van der Waals surface area (Å²) in [4.78, 5) is 0. The van der Waals surface area contributed by atoms with Gasteiger partial charge in [-0.3, -0.25) is 4.68 Å². The van der Waals surface area contributed by atoms with E-state index in [1.807, 2.05) is 39.1 Å². The second-order valence-corrected chi connectivity index (χ2v) is 4.17.